The average Bonchev–Trinajstić information content (AvgIpc) is 3.15. The second-order valence-electron chi connectivity index (χ2n) is 5.75. The molecule has 0 saturated carbocycles. The molecule has 1 N–H and O–H groups in total. The monoisotopic (exact) mass is 342 g/mol. The molecular formula is C15H22N2O3S2. The molecule has 3 heterocycles. The summed E-state index contributed by atoms with van der Waals surface area (Å²) in [7, 11) is 0. The number of thiazole rings is 1. The van der Waals surface area contributed by atoms with E-state index >= 15 is 0 Å². The summed E-state index contributed by atoms with van der Waals surface area (Å²) in [4.78, 5) is 16.8. The number of aromatic nitrogens is 1. The summed E-state index contributed by atoms with van der Waals surface area (Å²) >= 11 is 3.33. The van der Waals surface area contributed by atoms with Crippen LogP contribution < -0.4 is 5.32 Å². The van der Waals surface area contributed by atoms with Gasteiger partial charge in [0, 0.05) is 24.9 Å². The molecule has 2 atom stereocenters. The van der Waals surface area contributed by atoms with Crippen molar-refractivity contribution in [2.45, 2.75) is 44.4 Å². The van der Waals surface area contributed by atoms with Crippen LogP contribution in [0.25, 0.3) is 0 Å². The van der Waals surface area contributed by atoms with Crippen molar-refractivity contribution in [2.75, 3.05) is 24.7 Å². The van der Waals surface area contributed by atoms with Gasteiger partial charge < -0.3 is 14.8 Å². The van der Waals surface area contributed by atoms with E-state index in [1.807, 2.05) is 18.7 Å². The molecular weight excluding hydrogens is 320 g/mol. The minimum Gasteiger partial charge on any atom is -0.462 e. The highest BCUT2D eigenvalue weighted by molar-refractivity contribution is 7.99. The second-order valence-corrected chi connectivity index (χ2v) is 7.71. The minimum atomic E-state index is -0.266. The van der Waals surface area contributed by atoms with E-state index in [0.29, 0.717) is 24.1 Å². The summed E-state index contributed by atoms with van der Waals surface area (Å²) in [5, 5.41) is 3.56. The minimum absolute atomic E-state index is 0.0760. The maximum atomic E-state index is 11.9. The Labute approximate surface area is 139 Å². The number of esters is 1. The fraction of sp³-hybridized carbons (Fsp3) is 0.733. The van der Waals surface area contributed by atoms with Crippen molar-refractivity contribution in [3.05, 3.63) is 16.1 Å². The van der Waals surface area contributed by atoms with Crippen LogP contribution in [0.3, 0.4) is 0 Å². The van der Waals surface area contributed by atoms with Gasteiger partial charge in [0.15, 0.2) is 0 Å². The Morgan fingerprint density at radius 3 is 3.32 bits per heavy atom. The first-order valence-electron chi connectivity index (χ1n) is 7.77. The van der Waals surface area contributed by atoms with E-state index < -0.39 is 0 Å². The summed E-state index contributed by atoms with van der Waals surface area (Å²) in [5.74, 6) is 2.04. The largest absolute Gasteiger partial charge is 0.462 e. The zero-order valence-corrected chi connectivity index (χ0v) is 14.4. The van der Waals surface area contributed by atoms with Crippen molar-refractivity contribution in [1.29, 1.82) is 0 Å². The van der Waals surface area contributed by atoms with Gasteiger partial charge in [-0.05, 0) is 31.9 Å². The van der Waals surface area contributed by atoms with Crippen LogP contribution in [0.4, 0.5) is 0 Å². The zero-order valence-electron chi connectivity index (χ0n) is 12.8. The summed E-state index contributed by atoms with van der Waals surface area (Å²) in [5.41, 5.74) is 2.58. The van der Waals surface area contributed by atoms with Gasteiger partial charge >= 0.3 is 5.97 Å². The molecule has 122 valence electrons. The van der Waals surface area contributed by atoms with Gasteiger partial charge in [-0.3, -0.25) is 0 Å². The average molecular weight is 342 g/mol. The highest BCUT2D eigenvalue weighted by Crippen LogP contribution is 2.38. The summed E-state index contributed by atoms with van der Waals surface area (Å²) in [6.07, 6.45) is 3.23. The molecule has 2 fully saturated rings. The third kappa shape index (κ3) is 3.64. The van der Waals surface area contributed by atoms with Gasteiger partial charge in [0.2, 0.25) is 0 Å². The Balaban J connectivity index is 1.56. The molecule has 7 heteroatoms. The Morgan fingerprint density at radius 1 is 1.64 bits per heavy atom. The topological polar surface area (TPSA) is 60.5 Å². The number of hydrogen-bond donors (Lipinski definition) is 1. The lowest BCUT2D eigenvalue weighted by molar-refractivity contribution is -0.0703. The fourth-order valence-corrected chi connectivity index (χ4v) is 5.14. The predicted octanol–water partition coefficient (Wildman–Crippen LogP) is 2.46. The van der Waals surface area contributed by atoms with Gasteiger partial charge in [-0.15, -0.1) is 11.3 Å². The molecule has 2 aliphatic rings. The molecule has 0 radical (unpaired) electrons. The Morgan fingerprint density at radius 2 is 2.55 bits per heavy atom. The van der Waals surface area contributed by atoms with Crippen LogP contribution in [0.5, 0.6) is 0 Å². The van der Waals surface area contributed by atoms with Gasteiger partial charge in [-0.2, -0.15) is 11.8 Å². The molecule has 2 unspecified atom stereocenters. The highest BCUT2D eigenvalue weighted by Gasteiger charge is 2.40. The first-order valence-corrected chi connectivity index (χ1v) is 9.80. The third-order valence-corrected chi connectivity index (χ3v) is 6.29. The first kappa shape index (κ1) is 16.2. The van der Waals surface area contributed by atoms with Crippen molar-refractivity contribution in [1.82, 2.24) is 10.3 Å². The number of carbonyl (C=O) groups is 1. The van der Waals surface area contributed by atoms with Crippen LogP contribution in [0, 0.1) is 0 Å². The van der Waals surface area contributed by atoms with Gasteiger partial charge in [-0.25, -0.2) is 9.78 Å². The SMILES string of the molecule is CCOC(=O)c1scnc1CNC1CCOC2(CCSC2)C1. The van der Waals surface area contributed by atoms with E-state index in [-0.39, 0.29) is 11.6 Å². The number of thioether (sulfide) groups is 1. The lowest BCUT2D eigenvalue weighted by Crippen LogP contribution is -2.47. The molecule has 2 aliphatic heterocycles. The lowest BCUT2D eigenvalue weighted by Gasteiger charge is -2.38. The van der Waals surface area contributed by atoms with Crippen LogP contribution in [0.15, 0.2) is 5.51 Å². The molecule has 1 aromatic rings. The van der Waals surface area contributed by atoms with Crippen molar-refractivity contribution >= 4 is 29.1 Å². The predicted molar refractivity (Wildman–Crippen MR) is 88.6 cm³/mol. The molecule has 5 nitrogen and oxygen atoms in total. The smallest absolute Gasteiger partial charge is 0.350 e. The first-order chi connectivity index (χ1) is 10.7. The van der Waals surface area contributed by atoms with E-state index in [1.165, 1.54) is 17.1 Å². The molecule has 0 aromatic carbocycles. The fourth-order valence-electron chi connectivity index (χ4n) is 3.06. The zero-order chi connectivity index (χ0) is 15.4. The number of carbonyl (C=O) groups excluding carboxylic acids is 1. The van der Waals surface area contributed by atoms with Crippen molar-refractivity contribution < 1.29 is 14.3 Å². The highest BCUT2D eigenvalue weighted by atomic mass is 32.2. The molecule has 1 spiro atoms. The van der Waals surface area contributed by atoms with Crippen LogP contribution in [-0.2, 0) is 16.0 Å². The molecule has 2 saturated heterocycles. The Bertz CT molecular complexity index is 515. The normalized spacial score (nSPS) is 28.1. The summed E-state index contributed by atoms with van der Waals surface area (Å²) in [6, 6.07) is 0.434. The van der Waals surface area contributed by atoms with E-state index in [0.717, 1.165) is 37.3 Å². The van der Waals surface area contributed by atoms with Crippen molar-refractivity contribution in [2.24, 2.45) is 0 Å². The van der Waals surface area contributed by atoms with E-state index in [1.54, 1.807) is 5.51 Å². The number of hydrogen-bond acceptors (Lipinski definition) is 7. The lowest BCUT2D eigenvalue weighted by atomic mass is 9.90. The second kappa shape index (κ2) is 7.29. The number of rotatable bonds is 5. The molecule has 0 amide bonds. The molecule has 0 aliphatic carbocycles. The van der Waals surface area contributed by atoms with E-state index in [2.05, 4.69) is 10.3 Å². The van der Waals surface area contributed by atoms with Crippen molar-refractivity contribution in [3.8, 4) is 0 Å². The number of nitrogens with zero attached hydrogens (tertiary/aromatic N) is 1. The van der Waals surface area contributed by atoms with Gasteiger partial charge in [0.25, 0.3) is 0 Å². The van der Waals surface area contributed by atoms with E-state index in [4.69, 9.17) is 9.47 Å². The quantitative estimate of drug-likeness (QED) is 0.830. The maximum Gasteiger partial charge on any atom is 0.350 e. The molecule has 1 aromatic heterocycles. The molecule has 22 heavy (non-hydrogen) atoms. The molecule has 0 bridgehead atoms. The van der Waals surface area contributed by atoms with Crippen molar-refractivity contribution in [3.63, 3.8) is 0 Å². The summed E-state index contributed by atoms with van der Waals surface area (Å²) < 4.78 is 11.1. The van der Waals surface area contributed by atoms with Gasteiger partial charge in [-0.1, -0.05) is 0 Å². The number of nitrogens with one attached hydrogen (secondary N) is 1. The van der Waals surface area contributed by atoms with Crippen LogP contribution >= 0.6 is 23.1 Å². The standard InChI is InChI=1S/C15H22N2O3S2/c1-2-19-14(18)13-12(17-10-22-13)8-16-11-3-5-20-15(7-11)4-6-21-9-15/h10-11,16H,2-9H2,1H3. The third-order valence-electron chi connectivity index (χ3n) is 4.22. The van der Waals surface area contributed by atoms with Crippen LogP contribution in [0.1, 0.15) is 41.6 Å². The van der Waals surface area contributed by atoms with E-state index in [9.17, 15) is 4.79 Å². The molecule has 3 rings (SSSR count). The Kier molecular flexibility index (Phi) is 5.38. The summed E-state index contributed by atoms with van der Waals surface area (Å²) in [6.45, 7) is 3.65. The maximum absolute atomic E-state index is 11.9. The number of ether oxygens (including phenoxy) is 2. The van der Waals surface area contributed by atoms with Crippen LogP contribution in [0.2, 0.25) is 0 Å². The Hall–Kier alpha value is -0.630. The van der Waals surface area contributed by atoms with Gasteiger partial charge in [0.1, 0.15) is 4.88 Å². The van der Waals surface area contributed by atoms with Crippen LogP contribution in [-0.4, -0.2) is 47.3 Å². The van der Waals surface area contributed by atoms with Gasteiger partial charge in [0.05, 0.1) is 23.4 Å².